The molecule has 0 amide bonds. The van der Waals surface area contributed by atoms with Gasteiger partial charge in [0.25, 0.3) is 0 Å². The quantitative estimate of drug-likeness (QED) is 0.862. The van der Waals surface area contributed by atoms with Gasteiger partial charge in [0, 0.05) is 6.54 Å². The second kappa shape index (κ2) is 6.05. The summed E-state index contributed by atoms with van der Waals surface area (Å²) in [5.41, 5.74) is 0.137. The number of rotatable bonds is 6. The SMILES string of the molecule is CCn1ncnc1COc1cc(C(=O)O)ccc1OC. The van der Waals surface area contributed by atoms with Gasteiger partial charge in [-0.2, -0.15) is 5.10 Å². The van der Waals surface area contributed by atoms with Gasteiger partial charge in [0.1, 0.15) is 12.9 Å². The van der Waals surface area contributed by atoms with Gasteiger partial charge in [0.15, 0.2) is 17.3 Å². The molecule has 7 nitrogen and oxygen atoms in total. The Bertz CT molecular complexity index is 609. The Morgan fingerprint density at radius 2 is 2.20 bits per heavy atom. The van der Waals surface area contributed by atoms with E-state index in [4.69, 9.17) is 14.6 Å². The van der Waals surface area contributed by atoms with Crippen molar-refractivity contribution in [3.05, 3.63) is 35.9 Å². The Balaban J connectivity index is 2.19. The third-order valence-corrected chi connectivity index (χ3v) is 2.76. The summed E-state index contributed by atoms with van der Waals surface area (Å²) in [5, 5.41) is 13.0. The predicted molar refractivity (Wildman–Crippen MR) is 70.0 cm³/mol. The first-order chi connectivity index (χ1) is 9.65. The second-order valence-corrected chi connectivity index (χ2v) is 3.95. The molecule has 0 atom stereocenters. The number of aryl methyl sites for hydroxylation is 1. The van der Waals surface area contributed by atoms with Gasteiger partial charge in [0.05, 0.1) is 12.7 Å². The van der Waals surface area contributed by atoms with Crippen LogP contribution in [0.3, 0.4) is 0 Å². The third-order valence-electron chi connectivity index (χ3n) is 2.76. The Labute approximate surface area is 115 Å². The molecule has 0 unspecified atom stereocenters. The van der Waals surface area contributed by atoms with E-state index in [0.717, 1.165) is 0 Å². The van der Waals surface area contributed by atoms with Gasteiger partial charge in [-0.1, -0.05) is 0 Å². The summed E-state index contributed by atoms with van der Waals surface area (Å²) < 4.78 is 12.4. The lowest BCUT2D eigenvalue weighted by molar-refractivity contribution is 0.0696. The largest absolute Gasteiger partial charge is 0.493 e. The molecule has 106 valence electrons. The van der Waals surface area contributed by atoms with Gasteiger partial charge >= 0.3 is 5.97 Å². The third kappa shape index (κ3) is 2.87. The van der Waals surface area contributed by atoms with E-state index in [1.54, 1.807) is 10.7 Å². The zero-order valence-electron chi connectivity index (χ0n) is 11.2. The van der Waals surface area contributed by atoms with E-state index in [1.807, 2.05) is 6.92 Å². The van der Waals surface area contributed by atoms with Crippen LogP contribution in [0.2, 0.25) is 0 Å². The first-order valence-corrected chi connectivity index (χ1v) is 6.06. The number of ether oxygens (including phenoxy) is 2. The average Bonchev–Trinajstić information content (AvgIpc) is 2.92. The Morgan fingerprint density at radius 3 is 2.85 bits per heavy atom. The summed E-state index contributed by atoms with van der Waals surface area (Å²) in [5.74, 6) is 0.472. The molecule has 0 aliphatic carbocycles. The molecular weight excluding hydrogens is 262 g/mol. The lowest BCUT2D eigenvalue weighted by Gasteiger charge is -2.11. The number of aromatic nitrogens is 3. The summed E-state index contributed by atoms with van der Waals surface area (Å²) in [6.07, 6.45) is 1.45. The fraction of sp³-hybridized carbons (Fsp3) is 0.308. The minimum atomic E-state index is -1.02. The standard InChI is InChI=1S/C13H15N3O4/c1-3-16-12(14-8-15-16)7-20-11-6-9(13(17)18)4-5-10(11)19-2/h4-6,8H,3,7H2,1-2H3,(H,17,18). The molecule has 0 fully saturated rings. The number of benzene rings is 1. The second-order valence-electron chi connectivity index (χ2n) is 3.95. The normalized spacial score (nSPS) is 10.3. The number of aromatic carboxylic acids is 1. The van der Waals surface area contributed by atoms with Gasteiger partial charge in [-0.25, -0.2) is 14.5 Å². The van der Waals surface area contributed by atoms with E-state index in [-0.39, 0.29) is 12.2 Å². The van der Waals surface area contributed by atoms with Crippen LogP contribution in [0.4, 0.5) is 0 Å². The summed E-state index contributed by atoms with van der Waals surface area (Å²) in [7, 11) is 1.50. The molecule has 20 heavy (non-hydrogen) atoms. The van der Waals surface area contributed by atoms with Gasteiger partial charge < -0.3 is 14.6 Å². The minimum Gasteiger partial charge on any atom is -0.493 e. The number of methoxy groups -OCH3 is 1. The van der Waals surface area contributed by atoms with Crippen molar-refractivity contribution in [2.24, 2.45) is 0 Å². The molecule has 0 spiro atoms. The van der Waals surface area contributed by atoms with Crippen LogP contribution in [0.1, 0.15) is 23.1 Å². The fourth-order valence-corrected chi connectivity index (χ4v) is 1.73. The summed E-state index contributed by atoms with van der Waals surface area (Å²) in [6.45, 7) is 2.82. The zero-order chi connectivity index (χ0) is 14.5. The van der Waals surface area contributed by atoms with Gasteiger partial charge in [-0.05, 0) is 25.1 Å². The topological polar surface area (TPSA) is 86.5 Å². The number of carbonyl (C=O) groups is 1. The first-order valence-electron chi connectivity index (χ1n) is 6.06. The number of carboxylic acids is 1. The van der Waals surface area contributed by atoms with Crippen LogP contribution in [0.5, 0.6) is 11.5 Å². The molecule has 1 heterocycles. The number of nitrogens with zero attached hydrogens (tertiary/aromatic N) is 3. The molecule has 0 aliphatic rings. The number of hydrogen-bond acceptors (Lipinski definition) is 5. The maximum Gasteiger partial charge on any atom is 0.335 e. The van der Waals surface area contributed by atoms with Crippen molar-refractivity contribution in [2.45, 2.75) is 20.1 Å². The molecule has 1 N–H and O–H groups in total. The molecule has 2 aromatic rings. The summed E-state index contributed by atoms with van der Waals surface area (Å²) in [6, 6.07) is 4.44. The van der Waals surface area contributed by atoms with Crippen LogP contribution in [0, 0.1) is 0 Å². The predicted octanol–water partition coefficient (Wildman–Crippen LogP) is 1.58. The molecule has 0 bridgehead atoms. The van der Waals surface area contributed by atoms with Crippen LogP contribution in [-0.2, 0) is 13.2 Å². The van der Waals surface area contributed by atoms with Crippen LogP contribution in [0.25, 0.3) is 0 Å². The average molecular weight is 277 g/mol. The Morgan fingerprint density at radius 1 is 1.40 bits per heavy atom. The zero-order valence-corrected chi connectivity index (χ0v) is 11.2. The summed E-state index contributed by atoms with van der Waals surface area (Å²) >= 11 is 0. The number of hydrogen-bond donors (Lipinski definition) is 1. The van der Waals surface area contributed by atoms with Crippen molar-refractivity contribution < 1.29 is 19.4 Å². The lowest BCUT2D eigenvalue weighted by Crippen LogP contribution is -2.08. The van der Waals surface area contributed by atoms with Crippen molar-refractivity contribution in [3.63, 3.8) is 0 Å². The van der Waals surface area contributed by atoms with Crippen LogP contribution < -0.4 is 9.47 Å². The van der Waals surface area contributed by atoms with Gasteiger partial charge in [-0.3, -0.25) is 0 Å². The van der Waals surface area contributed by atoms with E-state index in [9.17, 15) is 4.79 Å². The van der Waals surface area contributed by atoms with Crippen molar-refractivity contribution in [1.82, 2.24) is 14.8 Å². The first kappa shape index (κ1) is 13.9. The molecule has 1 aromatic carbocycles. The lowest BCUT2D eigenvalue weighted by atomic mass is 10.2. The highest BCUT2D eigenvalue weighted by Crippen LogP contribution is 2.28. The van der Waals surface area contributed by atoms with Crippen LogP contribution in [-0.4, -0.2) is 33.0 Å². The van der Waals surface area contributed by atoms with Crippen LogP contribution in [0.15, 0.2) is 24.5 Å². The number of carboxylic acid groups (broad SMARTS) is 1. The smallest absolute Gasteiger partial charge is 0.335 e. The molecule has 0 saturated carbocycles. The van der Waals surface area contributed by atoms with E-state index < -0.39 is 5.97 Å². The Kier molecular flexibility index (Phi) is 4.19. The van der Waals surface area contributed by atoms with E-state index in [1.165, 1.54) is 25.6 Å². The highest BCUT2D eigenvalue weighted by Gasteiger charge is 2.11. The molecule has 7 heteroatoms. The Hall–Kier alpha value is -2.57. The van der Waals surface area contributed by atoms with Gasteiger partial charge in [0.2, 0.25) is 0 Å². The highest BCUT2D eigenvalue weighted by molar-refractivity contribution is 5.88. The molecule has 0 aliphatic heterocycles. The highest BCUT2D eigenvalue weighted by atomic mass is 16.5. The molecule has 2 rings (SSSR count). The van der Waals surface area contributed by atoms with Crippen molar-refractivity contribution in [1.29, 1.82) is 0 Å². The molecule has 1 aromatic heterocycles. The monoisotopic (exact) mass is 277 g/mol. The van der Waals surface area contributed by atoms with Crippen molar-refractivity contribution >= 4 is 5.97 Å². The molecule has 0 radical (unpaired) electrons. The maximum atomic E-state index is 11.0. The fourth-order valence-electron chi connectivity index (χ4n) is 1.73. The summed E-state index contributed by atoms with van der Waals surface area (Å²) in [4.78, 5) is 15.0. The van der Waals surface area contributed by atoms with E-state index in [2.05, 4.69) is 10.1 Å². The van der Waals surface area contributed by atoms with E-state index >= 15 is 0 Å². The van der Waals surface area contributed by atoms with E-state index in [0.29, 0.717) is 23.9 Å². The molecule has 0 saturated heterocycles. The maximum absolute atomic E-state index is 11.0. The van der Waals surface area contributed by atoms with Crippen molar-refractivity contribution in [3.8, 4) is 11.5 Å². The minimum absolute atomic E-state index is 0.137. The van der Waals surface area contributed by atoms with Crippen molar-refractivity contribution in [2.75, 3.05) is 7.11 Å². The molecular formula is C13H15N3O4. The van der Waals surface area contributed by atoms with Gasteiger partial charge in [-0.15, -0.1) is 0 Å². The van der Waals surface area contributed by atoms with Crippen LogP contribution >= 0.6 is 0 Å².